The van der Waals surface area contributed by atoms with Crippen molar-refractivity contribution in [3.05, 3.63) is 0 Å². The number of hydrogen-bond donors (Lipinski definition) is 0. The van der Waals surface area contributed by atoms with Crippen LogP contribution in [-0.4, -0.2) is 0 Å². The number of halogens is 3. The Bertz CT molecular complexity index is 3.25. The Hall–Kier alpha value is 2.72. The van der Waals surface area contributed by atoms with Gasteiger partial charge in [0.1, 0.15) is 0 Å². The summed E-state index contributed by atoms with van der Waals surface area (Å²) in [5.74, 6) is 0. The van der Waals surface area contributed by atoms with Crippen molar-refractivity contribution in [3.63, 3.8) is 0 Å². The van der Waals surface area contributed by atoms with Gasteiger partial charge in [-0.15, -0.1) is 0 Å². The van der Waals surface area contributed by atoms with Crippen molar-refractivity contribution in [1.82, 2.24) is 0 Å². The van der Waals surface area contributed by atoms with Gasteiger partial charge in [0.2, 0.25) is 0 Å². The normalized spacial score (nSPS) is 5.50. The van der Waals surface area contributed by atoms with Crippen molar-refractivity contribution in [1.29, 1.82) is 0 Å². The molecule has 0 radical (unpaired) electrons. The topological polar surface area (TPSA) is 0 Å². The number of hydrogen-bond acceptors (Lipinski definition) is 0. The smallest absolute Gasteiger partial charge is 0 e. The molecule has 0 aromatic rings. The number of rotatable bonds is 0. The van der Waals surface area contributed by atoms with Gasteiger partial charge in [0.25, 0.3) is 0 Å². The van der Waals surface area contributed by atoms with Crippen molar-refractivity contribution in [3.8, 4) is 0 Å². The molecule has 0 unspecified atom stereocenters. The van der Waals surface area contributed by atoms with Crippen molar-refractivity contribution in [2.75, 3.05) is 0 Å². The summed E-state index contributed by atoms with van der Waals surface area (Å²) in [6, 6.07) is 0. The quantitative estimate of drug-likeness (QED) is 0.421. The molecular weight excluding hydrogens is 433 g/mol. The summed E-state index contributed by atoms with van der Waals surface area (Å²) in [5.41, 5.74) is 0. The third kappa shape index (κ3) is 8.83. The van der Waals surface area contributed by atoms with Crippen LogP contribution in [0.25, 0.3) is 0 Å². The van der Waals surface area contributed by atoms with Crippen molar-refractivity contribution < 1.29 is 30.6 Å². The van der Waals surface area contributed by atoms with Crippen molar-refractivity contribution in [2.24, 2.45) is 0 Å². The van der Waals surface area contributed by atoms with Gasteiger partial charge in [0.15, 0.2) is 0 Å². The molecule has 0 aliphatic heterocycles. The third-order valence-electron chi connectivity index (χ3n) is 0. The molecule has 0 spiro atoms. The Labute approximate surface area is 66.2 Å². The zero-order valence-corrected chi connectivity index (χ0v) is 9.29. The van der Waals surface area contributed by atoms with E-state index in [0.717, 1.165) is 0 Å². The van der Waals surface area contributed by atoms with E-state index < -0.39 is 0 Å². The van der Waals surface area contributed by atoms with Crippen LogP contribution in [0.5, 0.6) is 0 Å². The van der Waals surface area contributed by atoms with Crippen LogP contribution < -0.4 is 13.3 Å². The molecule has 0 amide bonds. The molecule has 0 bridgehead atoms. The third-order valence-corrected chi connectivity index (χ3v) is 0. The Morgan fingerprint density at radius 1 is 1.25 bits per heavy atom. The van der Waals surface area contributed by atoms with Gasteiger partial charge in [-0.2, -0.15) is 0 Å². The van der Waals surface area contributed by atoms with E-state index in [-0.39, 0.29) is 17.4 Å². The predicted molar refractivity (Wildman–Crippen MR) is 28.0 cm³/mol. The first-order chi connectivity index (χ1) is 1.41. The standard InChI is InChI=1S/Cr.I3/c;1-3-2/q;-1. The predicted octanol–water partition coefficient (Wildman–Crippen LogP) is -1.23. The van der Waals surface area contributed by atoms with Gasteiger partial charge in [-0.05, 0) is 0 Å². The molecule has 0 nitrogen and oxygen atoms in total. The minimum absolute atomic E-state index is 0. The summed E-state index contributed by atoms with van der Waals surface area (Å²) in [7, 11) is 0. The maximum absolute atomic E-state index is 2.39. The first kappa shape index (κ1) is 9.87. The summed E-state index contributed by atoms with van der Waals surface area (Å²) in [6.45, 7) is 0. The molecule has 0 aromatic carbocycles. The summed E-state index contributed by atoms with van der Waals surface area (Å²) in [6.07, 6.45) is 0. The van der Waals surface area contributed by atoms with Gasteiger partial charge in [0.05, 0.1) is 0 Å². The first-order valence-electron chi connectivity index (χ1n) is 0.286. The largest absolute Gasteiger partial charge is 0 e. The monoisotopic (exact) mass is 433 g/mol. The second kappa shape index (κ2) is 9.21. The van der Waals surface area contributed by atoms with Gasteiger partial charge < -0.3 is 0 Å². The minimum atomic E-state index is 0. The van der Waals surface area contributed by atoms with E-state index >= 15 is 0 Å². The Kier molecular flexibility index (Phi) is 22.7. The summed E-state index contributed by atoms with van der Waals surface area (Å²) < 4.78 is 0. The molecule has 0 saturated carbocycles. The van der Waals surface area contributed by atoms with E-state index in [9.17, 15) is 0 Å². The Morgan fingerprint density at radius 3 is 1.25 bits per heavy atom. The van der Waals surface area contributed by atoms with Gasteiger partial charge in [-0.3, -0.25) is 0 Å². The van der Waals surface area contributed by atoms with E-state index in [0.29, 0.717) is 13.3 Å². The van der Waals surface area contributed by atoms with E-state index in [1.807, 2.05) is 0 Å². The van der Waals surface area contributed by atoms with Crippen LogP contribution in [0, 0.1) is 0 Å². The Morgan fingerprint density at radius 2 is 1.25 bits per heavy atom. The summed E-state index contributed by atoms with van der Waals surface area (Å²) >= 11 is 5.30. The maximum Gasteiger partial charge on any atom is 0 e. The van der Waals surface area contributed by atoms with Crippen molar-refractivity contribution in [2.45, 2.75) is 0 Å². The molecule has 4 heavy (non-hydrogen) atoms. The Balaban J connectivity index is 0. The average molecular weight is 433 g/mol. The van der Waals surface area contributed by atoms with Crippen LogP contribution in [-0.2, 0) is 17.4 Å². The van der Waals surface area contributed by atoms with E-state index in [1.54, 1.807) is 0 Å². The zero-order valence-electron chi connectivity index (χ0n) is 1.54. The fraction of sp³-hybridized carbons (Fsp3) is 0. The van der Waals surface area contributed by atoms with Crippen molar-refractivity contribution >= 4 is 37.2 Å². The molecule has 0 fully saturated rings. The molecule has 4 heteroatoms. The van der Waals surface area contributed by atoms with E-state index in [4.69, 9.17) is 0 Å². The van der Waals surface area contributed by atoms with Gasteiger partial charge in [0, 0.05) is 17.4 Å². The second-order valence-electron chi connectivity index (χ2n) is 0.0540. The van der Waals surface area contributed by atoms with Crippen LogP contribution in [0.4, 0.5) is 0 Å². The van der Waals surface area contributed by atoms with Gasteiger partial charge in [-0.25, -0.2) is 0 Å². The molecule has 0 N–H and O–H groups in total. The fourth-order valence-corrected chi connectivity index (χ4v) is 0. The molecule has 0 aliphatic rings. The van der Waals surface area contributed by atoms with Crippen LogP contribution in [0.3, 0.4) is 0 Å². The fourth-order valence-electron chi connectivity index (χ4n) is 0. The molecule has 28 valence electrons. The van der Waals surface area contributed by atoms with Crippen LogP contribution in [0.15, 0.2) is 0 Å². The van der Waals surface area contributed by atoms with Crippen LogP contribution >= 0.6 is 37.2 Å². The van der Waals surface area contributed by atoms with Crippen LogP contribution in [0.1, 0.15) is 0 Å². The van der Waals surface area contributed by atoms with E-state index in [1.165, 1.54) is 0 Å². The average Bonchev–Trinajstić information content (AvgIpc) is 0.918. The molecule has 0 saturated heterocycles. The first-order valence-corrected chi connectivity index (χ1v) is 12.9. The van der Waals surface area contributed by atoms with Gasteiger partial charge >= 0.3 is 50.5 Å². The summed E-state index contributed by atoms with van der Waals surface area (Å²) in [4.78, 5) is 0. The molecule has 0 rings (SSSR count). The van der Waals surface area contributed by atoms with E-state index in [2.05, 4.69) is 37.2 Å². The molecular formula is CrI3-. The zero-order chi connectivity index (χ0) is 2.71. The van der Waals surface area contributed by atoms with Crippen LogP contribution in [0.2, 0.25) is 0 Å². The second-order valence-corrected chi connectivity index (χ2v) is 16.3. The SMILES string of the molecule is I[I-]I.[Cr]. The molecule has 0 aromatic heterocycles. The minimum Gasteiger partial charge on any atom is 0 e. The molecule has 0 aliphatic carbocycles. The maximum atomic E-state index is 2.39. The van der Waals surface area contributed by atoms with Gasteiger partial charge in [-0.1, -0.05) is 0 Å². The molecule has 0 heterocycles. The summed E-state index contributed by atoms with van der Waals surface area (Å²) in [5, 5.41) is 0. The molecule has 0 atom stereocenters.